The van der Waals surface area contributed by atoms with Gasteiger partial charge in [0.05, 0.1) is 10.9 Å². The third-order valence-corrected chi connectivity index (χ3v) is 5.90. The summed E-state index contributed by atoms with van der Waals surface area (Å²) in [5.74, 6) is -0.275. The molecule has 0 aliphatic carbocycles. The number of aryl methyl sites for hydroxylation is 1. The molecule has 1 aliphatic rings. The van der Waals surface area contributed by atoms with Gasteiger partial charge in [-0.25, -0.2) is 4.79 Å². The number of carboxylic acids is 1. The average molecular weight is 303 g/mol. The van der Waals surface area contributed by atoms with E-state index in [-0.39, 0.29) is 17.0 Å². The van der Waals surface area contributed by atoms with Crippen molar-refractivity contribution in [1.82, 2.24) is 4.57 Å². The van der Waals surface area contributed by atoms with Crippen LogP contribution in [0.15, 0.2) is 15.9 Å². The summed E-state index contributed by atoms with van der Waals surface area (Å²) in [6, 6.07) is 0.171. The predicted molar refractivity (Wildman–Crippen MR) is 84.8 cm³/mol. The van der Waals surface area contributed by atoms with Crippen molar-refractivity contribution >= 4 is 28.6 Å². The van der Waals surface area contributed by atoms with Crippen molar-refractivity contribution in [3.05, 3.63) is 38.7 Å². The third-order valence-electron chi connectivity index (χ3n) is 4.46. The average Bonchev–Trinajstić information content (AvgIpc) is 2.43. The molecule has 1 N–H and O–H groups in total. The molecule has 110 valence electrons. The van der Waals surface area contributed by atoms with Crippen LogP contribution in [-0.2, 0) is 0 Å². The molecular weight excluding hydrogens is 286 g/mol. The zero-order valence-corrected chi connectivity index (χ0v) is 13.3. The first-order valence-electron chi connectivity index (χ1n) is 6.89. The molecule has 5 heteroatoms. The maximum atomic E-state index is 12.6. The fraction of sp³-hybridized carbons (Fsp3) is 0.375. The second-order valence-electron chi connectivity index (χ2n) is 5.67. The second-order valence-corrected chi connectivity index (χ2v) is 6.70. The van der Waals surface area contributed by atoms with Crippen LogP contribution < -0.4 is 5.43 Å². The van der Waals surface area contributed by atoms with Crippen LogP contribution in [0.3, 0.4) is 0 Å². The quantitative estimate of drug-likeness (QED) is 0.878. The highest BCUT2D eigenvalue weighted by molar-refractivity contribution is 7.99. The number of hydrogen-bond donors (Lipinski definition) is 1. The van der Waals surface area contributed by atoms with Gasteiger partial charge in [0.1, 0.15) is 5.56 Å². The Morgan fingerprint density at radius 1 is 1.29 bits per heavy atom. The van der Waals surface area contributed by atoms with E-state index in [4.69, 9.17) is 0 Å². The summed E-state index contributed by atoms with van der Waals surface area (Å²) in [5, 5.41) is 9.88. The number of benzene rings is 1. The van der Waals surface area contributed by atoms with Gasteiger partial charge in [-0.3, -0.25) is 4.79 Å². The molecule has 1 aromatic heterocycles. The molecule has 2 aromatic rings. The number of hydrogen-bond acceptors (Lipinski definition) is 3. The van der Waals surface area contributed by atoms with E-state index in [9.17, 15) is 14.7 Å². The van der Waals surface area contributed by atoms with Crippen molar-refractivity contribution < 1.29 is 9.90 Å². The number of thioether (sulfide) groups is 1. The van der Waals surface area contributed by atoms with Gasteiger partial charge in [0.2, 0.25) is 5.43 Å². The lowest BCUT2D eigenvalue weighted by atomic mass is 9.97. The first kappa shape index (κ1) is 14.2. The predicted octanol–water partition coefficient (Wildman–Crippen LogP) is 3.29. The molecule has 3 rings (SSSR count). The summed E-state index contributed by atoms with van der Waals surface area (Å²) >= 11 is 1.75. The zero-order valence-electron chi connectivity index (χ0n) is 12.5. The molecule has 0 saturated carbocycles. The van der Waals surface area contributed by atoms with Crippen LogP contribution in [0.5, 0.6) is 0 Å². The fourth-order valence-electron chi connectivity index (χ4n) is 2.99. The van der Waals surface area contributed by atoms with Crippen molar-refractivity contribution in [1.29, 1.82) is 0 Å². The van der Waals surface area contributed by atoms with Gasteiger partial charge >= 0.3 is 5.97 Å². The standard InChI is InChI=1S/C16H17NO3S/c1-7-6-21-15-10(4)8(2)9(3)12-13(15)17(7)5-11(14(12)18)16(19)20/h5,7H,6H2,1-4H3,(H,19,20). The minimum Gasteiger partial charge on any atom is -0.477 e. The number of aromatic nitrogens is 1. The van der Waals surface area contributed by atoms with Crippen molar-refractivity contribution in [2.45, 2.75) is 38.6 Å². The Hall–Kier alpha value is -1.75. The molecule has 1 aromatic carbocycles. The van der Waals surface area contributed by atoms with Crippen LogP contribution in [0.4, 0.5) is 0 Å². The van der Waals surface area contributed by atoms with Crippen LogP contribution in [0.1, 0.15) is 40.0 Å². The molecule has 4 nitrogen and oxygen atoms in total. The van der Waals surface area contributed by atoms with Crippen LogP contribution in [0, 0.1) is 20.8 Å². The van der Waals surface area contributed by atoms with E-state index in [2.05, 4.69) is 13.8 Å². The van der Waals surface area contributed by atoms with Gasteiger partial charge in [0.15, 0.2) is 0 Å². The van der Waals surface area contributed by atoms with E-state index in [1.54, 1.807) is 11.8 Å². The second kappa shape index (κ2) is 4.63. The lowest BCUT2D eigenvalue weighted by molar-refractivity contribution is 0.0694. The van der Waals surface area contributed by atoms with Crippen molar-refractivity contribution in [2.75, 3.05) is 5.75 Å². The Bertz CT molecular complexity index is 851. The smallest absolute Gasteiger partial charge is 0.341 e. The first-order chi connectivity index (χ1) is 9.84. The minimum atomic E-state index is -1.16. The molecule has 0 bridgehead atoms. The minimum absolute atomic E-state index is 0.140. The summed E-state index contributed by atoms with van der Waals surface area (Å²) in [6.45, 7) is 8.02. The van der Waals surface area contributed by atoms with E-state index in [1.807, 2.05) is 18.4 Å². The highest BCUT2D eigenvalue weighted by atomic mass is 32.2. The van der Waals surface area contributed by atoms with Gasteiger partial charge in [-0.2, -0.15) is 0 Å². The monoisotopic (exact) mass is 303 g/mol. The number of rotatable bonds is 1. The normalized spacial score (nSPS) is 17.2. The van der Waals surface area contributed by atoms with Gasteiger partial charge in [0.25, 0.3) is 0 Å². The van der Waals surface area contributed by atoms with Gasteiger partial charge in [-0.05, 0) is 44.4 Å². The van der Waals surface area contributed by atoms with Crippen LogP contribution in [0.2, 0.25) is 0 Å². The van der Waals surface area contributed by atoms with Gasteiger partial charge in [-0.1, -0.05) is 0 Å². The summed E-state index contributed by atoms with van der Waals surface area (Å²) in [7, 11) is 0. The maximum Gasteiger partial charge on any atom is 0.341 e. The fourth-order valence-corrected chi connectivity index (χ4v) is 4.27. The Morgan fingerprint density at radius 3 is 2.57 bits per heavy atom. The number of pyridine rings is 1. The SMILES string of the molecule is Cc1c(C)c2c3c(c1C)c(=O)c(C(=O)O)cn3C(C)CS2. The van der Waals surface area contributed by atoms with Gasteiger partial charge < -0.3 is 9.67 Å². The molecule has 0 spiro atoms. The molecule has 1 atom stereocenters. The first-order valence-corrected chi connectivity index (χ1v) is 7.87. The molecule has 0 fully saturated rings. The zero-order chi connectivity index (χ0) is 15.5. The summed E-state index contributed by atoms with van der Waals surface area (Å²) in [4.78, 5) is 25.1. The maximum absolute atomic E-state index is 12.6. The van der Waals surface area contributed by atoms with E-state index >= 15 is 0 Å². The van der Waals surface area contributed by atoms with Crippen molar-refractivity contribution in [3.8, 4) is 0 Å². The van der Waals surface area contributed by atoms with Crippen LogP contribution in [-0.4, -0.2) is 21.4 Å². The largest absolute Gasteiger partial charge is 0.477 e. The number of carbonyl (C=O) groups is 1. The van der Waals surface area contributed by atoms with Crippen molar-refractivity contribution in [2.24, 2.45) is 0 Å². The topological polar surface area (TPSA) is 59.3 Å². The Labute approximate surface area is 126 Å². The van der Waals surface area contributed by atoms with Crippen LogP contribution >= 0.6 is 11.8 Å². The van der Waals surface area contributed by atoms with E-state index < -0.39 is 5.97 Å². The van der Waals surface area contributed by atoms with E-state index in [1.165, 1.54) is 11.8 Å². The molecule has 1 aliphatic heterocycles. The number of aromatic carboxylic acids is 1. The summed E-state index contributed by atoms with van der Waals surface area (Å²) < 4.78 is 1.96. The highest BCUT2D eigenvalue weighted by Gasteiger charge is 2.26. The van der Waals surface area contributed by atoms with Gasteiger partial charge in [0, 0.05) is 22.9 Å². The van der Waals surface area contributed by atoms with Gasteiger partial charge in [-0.15, -0.1) is 11.8 Å². The Morgan fingerprint density at radius 2 is 1.95 bits per heavy atom. The molecule has 0 saturated heterocycles. The number of carboxylic acid groups (broad SMARTS) is 1. The Kier molecular flexibility index (Phi) is 3.13. The van der Waals surface area contributed by atoms with Crippen LogP contribution in [0.25, 0.3) is 10.9 Å². The number of nitrogens with zero attached hydrogens (tertiary/aromatic N) is 1. The lowest BCUT2D eigenvalue weighted by Crippen LogP contribution is -2.24. The van der Waals surface area contributed by atoms with E-state index in [0.717, 1.165) is 27.3 Å². The van der Waals surface area contributed by atoms with E-state index in [0.29, 0.717) is 5.39 Å². The Balaban J connectivity index is 2.64. The molecule has 0 radical (unpaired) electrons. The molecule has 2 heterocycles. The summed E-state index contributed by atoms with van der Waals surface area (Å²) in [6.07, 6.45) is 1.51. The molecule has 1 unspecified atom stereocenters. The molecular formula is C16H17NO3S. The highest BCUT2D eigenvalue weighted by Crippen LogP contribution is 2.40. The van der Waals surface area contributed by atoms with Crippen molar-refractivity contribution in [3.63, 3.8) is 0 Å². The summed E-state index contributed by atoms with van der Waals surface area (Å²) in [5.41, 5.74) is 3.54. The lowest BCUT2D eigenvalue weighted by Gasteiger charge is -2.28. The molecule has 21 heavy (non-hydrogen) atoms. The third kappa shape index (κ3) is 1.83. The molecule has 0 amide bonds.